The Kier molecular flexibility index (Phi) is 10.8. The van der Waals surface area contributed by atoms with Crippen LogP contribution in [0.4, 0.5) is 5.69 Å². The van der Waals surface area contributed by atoms with Crippen molar-refractivity contribution in [2.75, 3.05) is 25.0 Å². The average Bonchev–Trinajstić information content (AvgIpc) is 3.67. The molecule has 1 spiro atoms. The van der Waals surface area contributed by atoms with E-state index in [1.54, 1.807) is 29.2 Å². The van der Waals surface area contributed by atoms with E-state index in [1.807, 2.05) is 30.4 Å². The minimum absolute atomic E-state index is 0. The zero-order chi connectivity index (χ0) is 31.7. The molecule has 10 heteroatoms. The van der Waals surface area contributed by atoms with E-state index in [1.165, 1.54) is 5.56 Å². The molecule has 6 unspecified atom stereocenters. The Morgan fingerprint density at radius 1 is 1.09 bits per heavy atom. The van der Waals surface area contributed by atoms with Crippen molar-refractivity contribution >= 4 is 47.4 Å². The van der Waals surface area contributed by atoms with Crippen LogP contribution in [0, 0.1) is 23.7 Å². The van der Waals surface area contributed by atoms with Crippen LogP contribution >= 0.6 is 24.0 Å². The van der Waals surface area contributed by atoms with Gasteiger partial charge in [-0.05, 0) is 55.0 Å². The predicted molar refractivity (Wildman–Crippen MR) is 183 cm³/mol. The molecule has 0 aromatic heterocycles. The molecule has 2 aromatic carbocycles. The molecule has 248 valence electrons. The Hall–Kier alpha value is -2.91. The molecule has 46 heavy (non-hydrogen) atoms. The van der Waals surface area contributed by atoms with Crippen LogP contribution < -0.4 is 10.6 Å². The van der Waals surface area contributed by atoms with Gasteiger partial charge in [-0.1, -0.05) is 93.8 Å². The molecule has 4 aliphatic rings. The highest BCUT2D eigenvalue weighted by Gasteiger charge is 2.72. The van der Waals surface area contributed by atoms with Crippen molar-refractivity contribution in [3.8, 4) is 0 Å². The van der Waals surface area contributed by atoms with Gasteiger partial charge >= 0.3 is 0 Å². The fourth-order valence-electron chi connectivity index (χ4n) is 8.00. The number of benzene rings is 2. The van der Waals surface area contributed by atoms with Crippen molar-refractivity contribution in [2.45, 2.75) is 76.8 Å². The second-order valence-electron chi connectivity index (χ2n) is 13.3. The Bertz CT molecular complexity index is 1440. The highest BCUT2D eigenvalue weighted by molar-refractivity contribution is 6.30. The molecular formula is C36H46Cl2N4O4. The fraction of sp³-hybridized carbons (Fsp3) is 0.528. The highest BCUT2D eigenvalue weighted by atomic mass is 35.5. The van der Waals surface area contributed by atoms with Gasteiger partial charge in [-0.15, -0.1) is 12.4 Å². The van der Waals surface area contributed by atoms with Gasteiger partial charge < -0.3 is 20.3 Å². The molecule has 8 nitrogen and oxygen atoms in total. The van der Waals surface area contributed by atoms with E-state index >= 15 is 0 Å². The number of hydrogen-bond donors (Lipinski definition) is 2. The van der Waals surface area contributed by atoms with Gasteiger partial charge in [0.25, 0.3) is 0 Å². The lowest BCUT2D eigenvalue weighted by Crippen LogP contribution is -2.58. The summed E-state index contributed by atoms with van der Waals surface area (Å²) in [5, 5.41) is 6.80. The van der Waals surface area contributed by atoms with E-state index in [9.17, 15) is 14.4 Å². The van der Waals surface area contributed by atoms with E-state index in [-0.39, 0.29) is 36.2 Å². The molecule has 0 radical (unpaired) electrons. The zero-order valence-corrected chi connectivity index (χ0v) is 28.4. The monoisotopic (exact) mass is 668 g/mol. The fourth-order valence-corrected chi connectivity index (χ4v) is 8.19. The van der Waals surface area contributed by atoms with E-state index < -0.39 is 29.6 Å². The van der Waals surface area contributed by atoms with Crippen molar-refractivity contribution < 1.29 is 19.1 Å². The first-order valence-corrected chi connectivity index (χ1v) is 16.9. The summed E-state index contributed by atoms with van der Waals surface area (Å²) in [5.41, 5.74) is 0.616. The SMILES string of the molecule is CCN(CCCN1C(=O)[C@H]2C(C(=O)Nc3cccc(Cl)c3)[C@H]3C=CC2(O3)C1C(=O)NC1CCCC(C)C1C)Cc1ccccc1.Cl. The number of hydrogen-bond acceptors (Lipinski definition) is 5. The lowest BCUT2D eigenvalue weighted by Gasteiger charge is -2.38. The van der Waals surface area contributed by atoms with E-state index in [0.29, 0.717) is 35.5 Å². The van der Waals surface area contributed by atoms with E-state index in [2.05, 4.69) is 48.4 Å². The number of carbonyl (C=O) groups excluding carboxylic acids is 3. The third-order valence-electron chi connectivity index (χ3n) is 10.6. The minimum atomic E-state index is -1.18. The lowest BCUT2D eigenvalue weighted by molar-refractivity contribution is -0.141. The second kappa shape index (κ2) is 14.5. The molecule has 2 saturated heterocycles. The van der Waals surface area contributed by atoms with Crippen molar-refractivity contribution in [1.29, 1.82) is 0 Å². The van der Waals surface area contributed by atoms with Crippen LogP contribution in [0.25, 0.3) is 0 Å². The third-order valence-corrected chi connectivity index (χ3v) is 10.9. The van der Waals surface area contributed by atoms with Gasteiger partial charge in [-0.3, -0.25) is 19.3 Å². The molecule has 1 saturated carbocycles. The minimum Gasteiger partial charge on any atom is -0.359 e. The summed E-state index contributed by atoms with van der Waals surface area (Å²) >= 11 is 6.17. The Balaban J connectivity index is 0.00000417. The molecule has 8 atom stereocenters. The summed E-state index contributed by atoms with van der Waals surface area (Å²) in [4.78, 5) is 46.5. The number of nitrogens with zero attached hydrogens (tertiary/aromatic N) is 2. The molecule has 3 aliphatic heterocycles. The standard InChI is InChI=1S/C36H45ClN4O4.ClH/c1-4-40(22-25-12-6-5-7-13-25)19-10-20-41-32(34(43)39-28-16-8-11-23(2)24(28)3)36-18-17-29(45-36)30(31(36)35(41)44)33(42)38-27-15-9-14-26(37)21-27;/h5-7,9,12-15,17-18,21,23-24,28-32H,4,8,10-11,16,19-20,22H2,1-3H3,(H,38,42)(H,39,43);1H/t23?,24?,28?,29-,30?,31-,32?,36?;/m1./s1. The topological polar surface area (TPSA) is 91.0 Å². The first-order chi connectivity index (χ1) is 21.7. The maximum absolute atomic E-state index is 14.4. The van der Waals surface area contributed by atoms with Gasteiger partial charge in [0.05, 0.1) is 17.9 Å². The van der Waals surface area contributed by atoms with Crippen LogP contribution in [0.2, 0.25) is 5.02 Å². The van der Waals surface area contributed by atoms with Crippen LogP contribution in [-0.2, 0) is 25.7 Å². The predicted octanol–water partition coefficient (Wildman–Crippen LogP) is 5.70. The van der Waals surface area contributed by atoms with Gasteiger partial charge in [0.2, 0.25) is 17.7 Å². The summed E-state index contributed by atoms with van der Waals surface area (Å²) in [6, 6.07) is 16.5. The van der Waals surface area contributed by atoms with Gasteiger partial charge in [0, 0.05) is 36.4 Å². The number of anilines is 1. The number of carbonyl (C=O) groups is 3. The number of nitrogens with one attached hydrogen (secondary N) is 2. The van der Waals surface area contributed by atoms with Crippen molar-refractivity contribution in [3.63, 3.8) is 0 Å². The summed E-state index contributed by atoms with van der Waals surface area (Å²) in [6.45, 7) is 9.45. The zero-order valence-electron chi connectivity index (χ0n) is 26.9. The molecular weight excluding hydrogens is 623 g/mol. The Morgan fingerprint density at radius 3 is 2.61 bits per heavy atom. The number of halogens is 2. The summed E-state index contributed by atoms with van der Waals surface area (Å²) in [5.74, 6) is -1.36. The van der Waals surface area contributed by atoms with Gasteiger partial charge in [0.15, 0.2) is 0 Å². The van der Waals surface area contributed by atoms with Crippen LogP contribution in [0.3, 0.4) is 0 Å². The second-order valence-corrected chi connectivity index (χ2v) is 13.8. The Labute approximate surface area is 283 Å². The molecule has 3 fully saturated rings. The summed E-state index contributed by atoms with van der Waals surface area (Å²) < 4.78 is 6.55. The maximum Gasteiger partial charge on any atom is 0.246 e. The van der Waals surface area contributed by atoms with E-state index in [0.717, 1.165) is 38.9 Å². The number of likely N-dealkylation sites (tertiary alicyclic amines) is 1. The smallest absolute Gasteiger partial charge is 0.246 e. The maximum atomic E-state index is 14.4. The average molecular weight is 670 g/mol. The number of rotatable bonds is 11. The molecule has 1 aliphatic carbocycles. The Morgan fingerprint density at radius 2 is 1.87 bits per heavy atom. The third kappa shape index (κ3) is 6.59. The van der Waals surface area contributed by atoms with Gasteiger partial charge in [-0.2, -0.15) is 0 Å². The summed E-state index contributed by atoms with van der Waals surface area (Å²) in [6.07, 6.45) is 7.00. The normalized spacial score (nSPS) is 31.1. The summed E-state index contributed by atoms with van der Waals surface area (Å²) in [7, 11) is 0. The van der Waals surface area contributed by atoms with Gasteiger partial charge in [0.1, 0.15) is 11.6 Å². The highest BCUT2D eigenvalue weighted by Crippen LogP contribution is 2.55. The molecule has 3 heterocycles. The first-order valence-electron chi connectivity index (χ1n) is 16.5. The first kappa shape index (κ1) is 34.4. The number of fused-ring (bicyclic) bond motifs is 1. The van der Waals surface area contributed by atoms with Crippen molar-refractivity contribution in [3.05, 3.63) is 77.3 Å². The number of ether oxygens (including phenoxy) is 1. The van der Waals surface area contributed by atoms with Crippen LogP contribution in [0.15, 0.2) is 66.7 Å². The van der Waals surface area contributed by atoms with Crippen LogP contribution in [0.5, 0.6) is 0 Å². The van der Waals surface area contributed by atoms with Crippen LogP contribution in [-0.4, -0.2) is 70.9 Å². The van der Waals surface area contributed by atoms with Gasteiger partial charge in [-0.25, -0.2) is 0 Å². The van der Waals surface area contributed by atoms with Crippen molar-refractivity contribution in [1.82, 2.24) is 15.1 Å². The molecule has 3 amide bonds. The lowest BCUT2D eigenvalue weighted by atomic mass is 9.73. The van der Waals surface area contributed by atoms with Crippen molar-refractivity contribution in [2.24, 2.45) is 23.7 Å². The molecule has 2 aromatic rings. The molecule has 6 rings (SSSR count). The van der Waals surface area contributed by atoms with Crippen LogP contribution in [0.1, 0.15) is 52.0 Å². The molecule has 2 bridgehead atoms. The number of amides is 3. The molecule has 2 N–H and O–H groups in total. The van der Waals surface area contributed by atoms with E-state index in [4.69, 9.17) is 16.3 Å². The largest absolute Gasteiger partial charge is 0.359 e. The quantitative estimate of drug-likeness (QED) is 0.300.